The van der Waals surface area contributed by atoms with E-state index in [1.807, 2.05) is 109 Å². The quantitative estimate of drug-likeness (QED) is 0.0120. The minimum Gasteiger partial charge on any atom is -0.496 e. The molecule has 0 aliphatic rings. The highest BCUT2D eigenvalue weighted by atomic mass is 35.5. The summed E-state index contributed by atoms with van der Waals surface area (Å²) >= 11 is 11.9. The second-order valence-corrected chi connectivity index (χ2v) is 20.1. The monoisotopic (exact) mass is 1320 g/mol. The molecule has 0 heterocycles. The zero-order chi connectivity index (χ0) is 67.8. The minimum absolute atomic E-state index is 0.0518. The third kappa shape index (κ3) is 27.2. The highest BCUT2D eigenvalue weighted by Gasteiger charge is 2.28. The third-order valence-electron chi connectivity index (χ3n) is 12.9. The molecular formula is C71H79Cl2N3O17. The highest BCUT2D eigenvalue weighted by molar-refractivity contribution is 6.35. The summed E-state index contributed by atoms with van der Waals surface area (Å²) in [7, 11) is 7.56. The lowest BCUT2D eigenvalue weighted by Gasteiger charge is -2.18. The standard InChI is InChI=1S/C37H34Cl2O9.C32H35NO8.2CH5N/c1-3-19-45-37(42)48-34(21-25-11-13-27(14-12-25)26-8-5-4-6-9-26)36(41)46-24-28-15-17-30(23-33(28)43-2)44-20-7-10-35(40)47-32-18-16-29(38)22-31(32)39;1-4-18-39-32(36)41-29(20-23-12-14-25(15-13-23)24-9-6-5-7-10-24)31(35)40-22-26-16-17-27(21-28(26)37-3)38-19-8-11-30(34)33-2;2*1-2/h3-6,8-9,11-18,22-23,34H,1,7,10,19-21,24H2,2H3;4-7,9-10,12-17,21,29H,1,8,11,18-20,22H2,2-3H3,(H,33,34);2*2H2,1H3. The van der Waals surface area contributed by atoms with Crippen LogP contribution >= 0.6 is 23.2 Å². The van der Waals surface area contributed by atoms with Gasteiger partial charge in [0.25, 0.3) is 0 Å². The molecule has 20 nitrogen and oxygen atoms in total. The van der Waals surface area contributed by atoms with Gasteiger partial charge in [-0.1, -0.05) is 158 Å². The number of benzene rings is 7. The summed E-state index contributed by atoms with van der Waals surface area (Å²) in [4.78, 5) is 74.2. The first kappa shape index (κ1) is 75.6. The maximum Gasteiger partial charge on any atom is 0.509 e. The Morgan fingerprint density at radius 2 is 0.925 bits per heavy atom. The van der Waals surface area contributed by atoms with Crippen molar-refractivity contribution in [3.8, 4) is 51.0 Å². The van der Waals surface area contributed by atoms with Gasteiger partial charge in [-0.3, -0.25) is 9.59 Å². The Morgan fingerprint density at radius 1 is 0.505 bits per heavy atom. The predicted octanol–water partition coefficient (Wildman–Crippen LogP) is 12.8. The molecule has 2 unspecified atom stereocenters. The summed E-state index contributed by atoms with van der Waals surface area (Å²) in [6.45, 7) is 7.21. The van der Waals surface area contributed by atoms with Crippen molar-refractivity contribution < 1.29 is 80.9 Å². The van der Waals surface area contributed by atoms with E-state index in [0.717, 1.165) is 33.4 Å². The number of amides is 1. The molecular weight excluding hydrogens is 1240 g/mol. The summed E-state index contributed by atoms with van der Waals surface area (Å²) in [5, 5.41) is 3.25. The minimum atomic E-state index is -1.26. The van der Waals surface area contributed by atoms with Crippen LogP contribution in [0, 0.1) is 0 Å². The Balaban J connectivity index is 0.000000381. The maximum absolute atomic E-state index is 13.2. The molecule has 0 aliphatic heterocycles. The van der Waals surface area contributed by atoms with Crippen LogP contribution in [-0.2, 0) is 73.7 Å². The normalized spacial score (nSPS) is 10.8. The van der Waals surface area contributed by atoms with E-state index in [9.17, 15) is 28.8 Å². The van der Waals surface area contributed by atoms with E-state index in [0.29, 0.717) is 65.0 Å². The Bertz CT molecular complexity index is 3450. The smallest absolute Gasteiger partial charge is 0.496 e. The number of hydrogen-bond acceptors (Lipinski definition) is 19. The molecule has 0 aromatic heterocycles. The summed E-state index contributed by atoms with van der Waals surface area (Å²) < 4.78 is 59.2. The average Bonchev–Trinajstić information content (AvgIpc) is 1.08. The molecule has 93 heavy (non-hydrogen) atoms. The van der Waals surface area contributed by atoms with Crippen molar-refractivity contribution in [1.82, 2.24) is 5.32 Å². The summed E-state index contributed by atoms with van der Waals surface area (Å²) in [5.41, 5.74) is 15.8. The first-order valence-electron chi connectivity index (χ1n) is 29.3. The fraction of sp³-hybridized carbons (Fsp3) is 0.268. The van der Waals surface area contributed by atoms with Crippen LogP contribution in [0.3, 0.4) is 0 Å². The fourth-order valence-corrected chi connectivity index (χ4v) is 8.74. The van der Waals surface area contributed by atoms with Gasteiger partial charge in [-0.05, 0) is 103 Å². The Kier molecular flexibility index (Phi) is 35.0. The molecule has 0 bridgehead atoms. The van der Waals surface area contributed by atoms with Crippen LogP contribution < -0.4 is 40.5 Å². The van der Waals surface area contributed by atoms with Gasteiger partial charge in [0, 0.05) is 61.0 Å². The van der Waals surface area contributed by atoms with Crippen LogP contribution in [0.1, 0.15) is 47.9 Å². The van der Waals surface area contributed by atoms with Crippen LogP contribution in [0.4, 0.5) is 9.59 Å². The van der Waals surface area contributed by atoms with E-state index in [-0.39, 0.29) is 69.0 Å². The molecule has 2 atom stereocenters. The largest absolute Gasteiger partial charge is 0.509 e. The SMILES string of the molecule is C=CCOC(=O)OC(Cc1ccc(-c2ccccc2)cc1)C(=O)OCc1ccc(OCCCC(=O)NC)cc1OC.C=CCOC(=O)OC(Cc1ccc(-c2ccccc2)cc1)C(=O)OCc1ccc(OCCCC(=O)Oc2ccc(Cl)cc2Cl)cc1OC.CN.CN. The molecule has 7 aromatic carbocycles. The number of methoxy groups -OCH3 is 2. The van der Waals surface area contributed by atoms with Crippen molar-refractivity contribution in [2.24, 2.45) is 11.5 Å². The van der Waals surface area contributed by atoms with Crippen LogP contribution in [0.2, 0.25) is 10.0 Å². The van der Waals surface area contributed by atoms with Crippen molar-refractivity contribution in [3.05, 3.63) is 221 Å². The second-order valence-electron chi connectivity index (χ2n) is 19.2. The van der Waals surface area contributed by atoms with Gasteiger partial charge in [-0.15, -0.1) is 0 Å². The Morgan fingerprint density at radius 3 is 1.32 bits per heavy atom. The average molecular weight is 1320 g/mol. The van der Waals surface area contributed by atoms with E-state index >= 15 is 0 Å². The van der Waals surface area contributed by atoms with E-state index < -0.39 is 42.4 Å². The summed E-state index contributed by atoms with van der Waals surface area (Å²) in [6.07, 6.45) is -0.133. The fourth-order valence-electron chi connectivity index (χ4n) is 8.29. The van der Waals surface area contributed by atoms with E-state index in [1.54, 1.807) is 49.5 Å². The molecule has 494 valence electrons. The maximum atomic E-state index is 13.2. The molecule has 5 N–H and O–H groups in total. The number of nitrogens with two attached hydrogens (primary N) is 2. The Labute approximate surface area is 552 Å². The lowest BCUT2D eigenvalue weighted by molar-refractivity contribution is -0.156. The van der Waals surface area contributed by atoms with Crippen LogP contribution in [0.5, 0.6) is 28.7 Å². The van der Waals surface area contributed by atoms with E-state index in [1.165, 1.54) is 52.6 Å². The van der Waals surface area contributed by atoms with Crippen LogP contribution in [0.25, 0.3) is 22.3 Å². The van der Waals surface area contributed by atoms with Crippen LogP contribution in [-0.4, -0.2) is 110 Å². The second kappa shape index (κ2) is 43.0. The van der Waals surface area contributed by atoms with Gasteiger partial charge < -0.3 is 68.9 Å². The number of nitrogens with one attached hydrogen (secondary N) is 1. The molecule has 7 rings (SSSR count). The first-order chi connectivity index (χ1) is 45.2. The topological polar surface area (TPSA) is 268 Å². The van der Waals surface area contributed by atoms with Gasteiger partial charge in [-0.2, -0.15) is 0 Å². The van der Waals surface area contributed by atoms with Gasteiger partial charge in [0.1, 0.15) is 55.2 Å². The van der Waals surface area contributed by atoms with Gasteiger partial charge in [-0.25, -0.2) is 19.2 Å². The lowest BCUT2D eigenvalue weighted by Crippen LogP contribution is -2.31. The number of carbonyl (C=O) groups excluding carboxylic acids is 6. The molecule has 0 aliphatic carbocycles. The molecule has 22 heteroatoms. The molecule has 1 amide bonds. The number of ether oxygens (including phenoxy) is 11. The number of esters is 3. The first-order valence-corrected chi connectivity index (χ1v) is 30.1. The molecule has 0 spiro atoms. The molecule has 7 aromatic rings. The number of hydrogen-bond donors (Lipinski definition) is 3. The Hall–Kier alpha value is -9.86. The number of rotatable bonds is 31. The van der Waals surface area contributed by atoms with Crippen molar-refractivity contribution >= 4 is 59.3 Å². The van der Waals surface area contributed by atoms with Gasteiger partial charge in [0.2, 0.25) is 18.1 Å². The molecule has 0 saturated carbocycles. The molecule has 0 saturated heterocycles. The highest BCUT2D eigenvalue weighted by Crippen LogP contribution is 2.30. The third-order valence-corrected chi connectivity index (χ3v) is 13.4. The van der Waals surface area contributed by atoms with E-state index in [4.69, 9.17) is 75.3 Å². The van der Waals surface area contributed by atoms with Gasteiger partial charge >= 0.3 is 30.2 Å². The summed E-state index contributed by atoms with van der Waals surface area (Å²) in [6, 6.07) is 49.7. The van der Waals surface area contributed by atoms with Gasteiger partial charge in [0.15, 0.2) is 0 Å². The van der Waals surface area contributed by atoms with Crippen molar-refractivity contribution in [2.45, 2.75) is 63.9 Å². The number of halogens is 2. The van der Waals surface area contributed by atoms with E-state index in [2.05, 4.69) is 29.9 Å². The summed E-state index contributed by atoms with van der Waals surface area (Å²) in [5.74, 6) is 0.145. The van der Waals surface area contributed by atoms with Crippen molar-refractivity contribution in [3.63, 3.8) is 0 Å². The van der Waals surface area contributed by atoms with Crippen molar-refractivity contribution in [1.29, 1.82) is 0 Å². The zero-order valence-corrected chi connectivity index (χ0v) is 54.2. The van der Waals surface area contributed by atoms with Crippen molar-refractivity contribution in [2.75, 3.05) is 61.8 Å². The molecule has 0 fully saturated rings. The predicted molar refractivity (Wildman–Crippen MR) is 355 cm³/mol. The zero-order valence-electron chi connectivity index (χ0n) is 52.6. The van der Waals surface area contributed by atoms with Crippen LogP contribution in [0.15, 0.2) is 189 Å². The molecule has 0 radical (unpaired) electrons. The lowest BCUT2D eigenvalue weighted by atomic mass is 10.0. The van der Waals surface area contributed by atoms with Gasteiger partial charge in [0.05, 0.1) is 32.5 Å². The number of carbonyl (C=O) groups is 6.